The van der Waals surface area contributed by atoms with Gasteiger partial charge in [0.05, 0.1) is 22.3 Å². The summed E-state index contributed by atoms with van der Waals surface area (Å²) in [5, 5.41) is 11.5. The van der Waals surface area contributed by atoms with E-state index < -0.39 is 0 Å². The molecule has 0 bridgehead atoms. The summed E-state index contributed by atoms with van der Waals surface area (Å²) >= 11 is 0. The van der Waals surface area contributed by atoms with Gasteiger partial charge < -0.3 is 5.11 Å². The standard InChI is InChI=1S/C59H54N3O.Pt/c1-57(2,3)47-35-44(34-45(36-47)51-37-43(32-33-60-51)41-28-26-40(27-29-41)39-18-11-9-12-19-39)48-23-17-24-53-55(48)61-56(49-22-15-16-25-54(49)63)62(53)52-31-30-46(59(7,8)58(4,5)6)38-50(52)42-20-13-10-14-21-42;/h9-33,35-38,63H,1-8H3;/q-1;. The van der Waals surface area contributed by atoms with Crippen LogP contribution in [-0.2, 0) is 31.9 Å². The zero-order chi connectivity index (χ0) is 44.1. The van der Waals surface area contributed by atoms with Crippen LogP contribution in [0.3, 0.4) is 0 Å². The molecular weight excluding hydrogens is 962 g/mol. The Balaban J connectivity index is 0.00000560. The maximum atomic E-state index is 11.5. The van der Waals surface area contributed by atoms with Crippen LogP contribution >= 0.6 is 0 Å². The van der Waals surface area contributed by atoms with Crippen molar-refractivity contribution in [2.45, 2.75) is 66.2 Å². The van der Waals surface area contributed by atoms with Gasteiger partial charge in [0.1, 0.15) is 11.6 Å². The summed E-state index contributed by atoms with van der Waals surface area (Å²) in [6.07, 6.45) is 1.90. The maximum absolute atomic E-state index is 11.5. The predicted octanol–water partition coefficient (Wildman–Crippen LogP) is 15.5. The Bertz CT molecular complexity index is 3100. The number of phenols is 1. The molecule has 0 saturated carbocycles. The molecule has 0 saturated heterocycles. The van der Waals surface area contributed by atoms with Gasteiger partial charge in [0.2, 0.25) is 0 Å². The van der Waals surface area contributed by atoms with E-state index in [0.29, 0.717) is 11.4 Å². The Hall–Kier alpha value is -6.35. The van der Waals surface area contributed by atoms with Gasteiger partial charge in [-0.15, -0.1) is 29.3 Å². The maximum Gasteiger partial charge on any atom is 0.148 e. The number of para-hydroxylation sites is 2. The third-order valence-electron chi connectivity index (χ3n) is 13.1. The first-order valence-electron chi connectivity index (χ1n) is 21.9. The van der Waals surface area contributed by atoms with Crippen molar-refractivity contribution in [2.75, 3.05) is 0 Å². The monoisotopic (exact) mass is 1020 g/mol. The molecule has 0 atom stereocenters. The summed E-state index contributed by atoms with van der Waals surface area (Å²) in [5.41, 5.74) is 16.0. The van der Waals surface area contributed by atoms with Crippen molar-refractivity contribution in [1.82, 2.24) is 14.5 Å². The fourth-order valence-electron chi connectivity index (χ4n) is 8.33. The van der Waals surface area contributed by atoms with Crippen molar-refractivity contribution in [1.29, 1.82) is 0 Å². The first-order chi connectivity index (χ1) is 30.2. The van der Waals surface area contributed by atoms with Crippen LogP contribution in [0.2, 0.25) is 0 Å². The average Bonchev–Trinajstić information content (AvgIpc) is 3.68. The van der Waals surface area contributed by atoms with E-state index in [2.05, 4.69) is 206 Å². The molecule has 0 aliphatic rings. The number of rotatable bonds is 8. The minimum absolute atomic E-state index is 0. The fraction of sp³-hybridized carbons (Fsp3) is 0.186. The number of imidazole rings is 1. The summed E-state index contributed by atoms with van der Waals surface area (Å²) in [7, 11) is 0. The molecule has 64 heavy (non-hydrogen) atoms. The number of hydrogen-bond acceptors (Lipinski definition) is 3. The number of aromatic hydroxyl groups is 1. The molecule has 9 aromatic rings. The zero-order valence-corrected chi connectivity index (χ0v) is 40.1. The summed E-state index contributed by atoms with van der Waals surface area (Å²) in [5.74, 6) is 0.835. The quantitative estimate of drug-likeness (QED) is 0.154. The molecule has 7 aromatic carbocycles. The second kappa shape index (κ2) is 17.3. The number of aromatic nitrogens is 3. The number of fused-ring (bicyclic) bond motifs is 1. The van der Waals surface area contributed by atoms with Crippen molar-refractivity contribution >= 4 is 11.0 Å². The minimum Gasteiger partial charge on any atom is -0.507 e. The van der Waals surface area contributed by atoms with Crippen molar-refractivity contribution in [3.05, 3.63) is 193 Å². The zero-order valence-electron chi connectivity index (χ0n) is 37.8. The molecule has 0 radical (unpaired) electrons. The molecule has 1 N–H and O–H groups in total. The van der Waals surface area contributed by atoms with E-state index in [-0.39, 0.29) is 43.1 Å². The van der Waals surface area contributed by atoms with E-state index in [1.165, 1.54) is 22.3 Å². The molecule has 2 aromatic heterocycles. The Morgan fingerprint density at radius 1 is 0.500 bits per heavy atom. The number of phenolic OH excluding ortho intramolecular Hbond substituents is 1. The molecule has 0 aliphatic carbocycles. The van der Waals surface area contributed by atoms with Crippen LogP contribution in [0, 0.1) is 11.5 Å². The van der Waals surface area contributed by atoms with E-state index >= 15 is 0 Å². The molecule has 0 unspecified atom stereocenters. The molecule has 9 rings (SSSR count). The summed E-state index contributed by atoms with van der Waals surface area (Å²) < 4.78 is 2.23. The van der Waals surface area contributed by atoms with Gasteiger partial charge in [-0.25, -0.2) is 4.98 Å². The number of hydrogen-bond donors (Lipinski definition) is 1. The first kappa shape index (κ1) is 44.3. The molecule has 2 heterocycles. The van der Waals surface area contributed by atoms with Crippen LogP contribution < -0.4 is 0 Å². The molecule has 5 heteroatoms. The minimum atomic E-state index is -0.162. The van der Waals surface area contributed by atoms with E-state index in [9.17, 15) is 5.11 Å². The van der Waals surface area contributed by atoms with Crippen molar-refractivity contribution in [3.8, 4) is 78.6 Å². The second-order valence-electron chi connectivity index (χ2n) is 19.3. The Kier molecular flexibility index (Phi) is 12.0. The first-order valence-corrected chi connectivity index (χ1v) is 21.9. The van der Waals surface area contributed by atoms with Crippen LogP contribution in [-0.4, -0.2) is 19.6 Å². The van der Waals surface area contributed by atoms with Gasteiger partial charge in [-0.3, -0.25) is 9.55 Å². The van der Waals surface area contributed by atoms with Gasteiger partial charge in [0.25, 0.3) is 0 Å². The summed E-state index contributed by atoms with van der Waals surface area (Å²) in [4.78, 5) is 10.4. The van der Waals surface area contributed by atoms with Crippen molar-refractivity contribution in [3.63, 3.8) is 0 Å². The number of nitrogens with zero attached hydrogens (tertiary/aromatic N) is 3. The van der Waals surface area contributed by atoms with E-state index in [4.69, 9.17) is 9.97 Å². The van der Waals surface area contributed by atoms with Gasteiger partial charge in [0.15, 0.2) is 0 Å². The van der Waals surface area contributed by atoms with Gasteiger partial charge in [-0.2, -0.15) is 0 Å². The Labute approximate surface area is 393 Å². The molecular formula is C59H54N3OPt-. The summed E-state index contributed by atoms with van der Waals surface area (Å²) in [6, 6.07) is 63.1. The van der Waals surface area contributed by atoms with E-state index in [0.717, 1.165) is 61.4 Å². The normalized spacial score (nSPS) is 12.0. The smallest absolute Gasteiger partial charge is 0.148 e. The third-order valence-corrected chi connectivity index (χ3v) is 13.1. The molecule has 0 fully saturated rings. The van der Waals surface area contributed by atoms with Crippen LogP contribution in [0.15, 0.2) is 176 Å². The molecule has 0 aliphatic heterocycles. The van der Waals surface area contributed by atoms with Crippen LogP contribution in [0.25, 0.3) is 83.9 Å². The SMILES string of the molecule is CC(C)(C)c1cc(-c2cc(-c3ccc(-c4ccccc4)cc3)ccn2)[c-]c(-c2cccc3c2nc(-c2ccccc2O)n3-c2ccc(C(C)(C)C(C)(C)C)cc2-c2ccccc2)c1.[Pt]. The third kappa shape index (κ3) is 8.40. The van der Waals surface area contributed by atoms with Gasteiger partial charge in [0, 0.05) is 38.5 Å². The summed E-state index contributed by atoms with van der Waals surface area (Å²) in [6.45, 7) is 18.3. The van der Waals surface area contributed by atoms with Gasteiger partial charge in [-0.05, 0) is 86.0 Å². The number of pyridine rings is 1. The number of benzene rings is 7. The average molecular weight is 1020 g/mol. The molecule has 4 nitrogen and oxygen atoms in total. The van der Waals surface area contributed by atoms with Gasteiger partial charge in [-0.1, -0.05) is 188 Å². The van der Waals surface area contributed by atoms with E-state index in [1.807, 2.05) is 30.5 Å². The molecule has 0 spiro atoms. The topological polar surface area (TPSA) is 50.9 Å². The second-order valence-corrected chi connectivity index (χ2v) is 19.3. The fourth-order valence-corrected chi connectivity index (χ4v) is 8.33. The van der Waals surface area contributed by atoms with Gasteiger partial charge >= 0.3 is 0 Å². The van der Waals surface area contributed by atoms with Crippen LogP contribution in [0.5, 0.6) is 5.75 Å². The molecule has 0 amide bonds. The Morgan fingerprint density at radius 2 is 1.09 bits per heavy atom. The van der Waals surface area contributed by atoms with E-state index in [1.54, 1.807) is 6.07 Å². The largest absolute Gasteiger partial charge is 0.507 e. The van der Waals surface area contributed by atoms with Crippen molar-refractivity contribution < 1.29 is 26.2 Å². The van der Waals surface area contributed by atoms with Crippen LogP contribution in [0.1, 0.15) is 66.5 Å². The Morgan fingerprint density at radius 3 is 1.75 bits per heavy atom. The predicted molar refractivity (Wildman–Crippen MR) is 263 cm³/mol. The van der Waals surface area contributed by atoms with Crippen LogP contribution in [0.4, 0.5) is 0 Å². The molecule has 322 valence electrons. The van der Waals surface area contributed by atoms with Crippen molar-refractivity contribution in [2.24, 2.45) is 5.41 Å².